The van der Waals surface area contributed by atoms with Crippen molar-refractivity contribution in [1.82, 2.24) is 10.2 Å². The van der Waals surface area contributed by atoms with Gasteiger partial charge in [0.15, 0.2) is 5.96 Å². The maximum atomic E-state index is 12.1. The van der Waals surface area contributed by atoms with Crippen molar-refractivity contribution in [3.05, 3.63) is 0 Å². The number of aliphatic carboxylic acids is 1. The molecule has 1 aliphatic heterocycles. The van der Waals surface area contributed by atoms with E-state index in [-0.39, 0.29) is 18.9 Å². The fourth-order valence-electron chi connectivity index (χ4n) is 2.17. The molecule has 0 aliphatic carbocycles. The fourth-order valence-corrected chi connectivity index (χ4v) is 2.17. The van der Waals surface area contributed by atoms with Crippen LogP contribution in [0.25, 0.3) is 0 Å². The topological polar surface area (TPSA) is 166 Å². The third kappa shape index (κ3) is 4.35. The van der Waals surface area contributed by atoms with Crippen molar-refractivity contribution in [3.63, 3.8) is 0 Å². The van der Waals surface area contributed by atoms with Gasteiger partial charge in [0.1, 0.15) is 6.04 Å². The molecule has 1 saturated heterocycles. The number of nitrogens with one attached hydrogen (secondary N) is 2. The maximum absolute atomic E-state index is 12.1. The molecule has 1 amide bonds. The molecule has 20 heavy (non-hydrogen) atoms. The number of nitrogens with zero attached hydrogens (tertiary/aromatic N) is 1. The van der Waals surface area contributed by atoms with Crippen LogP contribution in [0.3, 0.4) is 0 Å². The van der Waals surface area contributed by atoms with Crippen molar-refractivity contribution in [2.75, 3.05) is 13.1 Å². The normalized spacial score (nSPS) is 23.4. The van der Waals surface area contributed by atoms with Crippen molar-refractivity contribution < 1.29 is 19.8 Å². The zero-order valence-electron chi connectivity index (χ0n) is 11.1. The number of amides is 1. The van der Waals surface area contributed by atoms with E-state index in [1.54, 1.807) is 0 Å². The van der Waals surface area contributed by atoms with Crippen LogP contribution in [-0.4, -0.2) is 64.2 Å². The number of nitrogens with two attached hydrogens (primary N) is 2. The highest BCUT2D eigenvalue weighted by atomic mass is 16.4. The molecule has 9 nitrogen and oxygen atoms in total. The number of guanidine groups is 1. The SMILES string of the molecule is N=C(N)NCCC[C@H](N)C(=O)N1CC(O)C[C@H]1C(=O)O. The number of likely N-dealkylation sites (tertiary alicyclic amines) is 1. The van der Waals surface area contributed by atoms with E-state index < -0.39 is 30.1 Å². The molecule has 0 aromatic heterocycles. The number of rotatable bonds is 6. The van der Waals surface area contributed by atoms with E-state index in [9.17, 15) is 14.7 Å². The van der Waals surface area contributed by atoms with E-state index in [1.807, 2.05) is 0 Å². The van der Waals surface area contributed by atoms with Crippen LogP contribution >= 0.6 is 0 Å². The molecule has 0 aromatic carbocycles. The summed E-state index contributed by atoms with van der Waals surface area (Å²) in [7, 11) is 0. The summed E-state index contributed by atoms with van der Waals surface area (Å²) >= 11 is 0. The number of aliphatic hydroxyl groups excluding tert-OH is 1. The Balaban J connectivity index is 2.47. The molecule has 8 N–H and O–H groups in total. The van der Waals surface area contributed by atoms with Gasteiger partial charge in [0, 0.05) is 19.5 Å². The molecule has 1 aliphatic rings. The van der Waals surface area contributed by atoms with Crippen LogP contribution in [0, 0.1) is 5.41 Å². The first-order valence-electron chi connectivity index (χ1n) is 6.37. The highest BCUT2D eigenvalue weighted by Crippen LogP contribution is 2.19. The molecule has 1 heterocycles. The number of aliphatic hydroxyl groups is 1. The van der Waals surface area contributed by atoms with Gasteiger partial charge < -0.3 is 31.9 Å². The molecule has 0 radical (unpaired) electrons. The van der Waals surface area contributed by atoms with Gasteiger partial charge in [-0.25, -0.2) is 4.79 Å². The third-order valence-corrected chi connectivity index (χ3v) is 3.17. The summed E-state index contributed by atoms with van der Waals surface area (Å²) in [6, 6.07) is -1.84. The second kappa shape index (κ2) is 7.06. The standard InChI is InChI=1S/C11H21N5O4/c12-7(2-1-3-15-11(13)14)9(18)16-5-6(17)4-8(16)10(19)20/h6-8,17H,1-5,12H2,(H,19,20)(H4,13,14,15)/t6?,7-,8-/m0/s1. The van der Waals surface area contributed by atoms with Gasteiger partial charge in [-0.3, -0.25) is 10.2 Å². The maximum Gasteiger partial charge on any atom is 0.326 e. The number of hydrogen-bond donors (Lipinski definition) is 6. The van der Waals surface area contributed by atoms with Gasteiger partial charge in [0.25, 0.3) is 0 Å². The first-order chi connectivity index (χ1) is 9.32. The van der Waals surface area contributed by atoms with Gasteiger partial charge in [-0.15, -0.1) is 0 Å². The second-order valence-electron chi connectivity index (χ2n) is 4.82. The molecule has 1 unspecified atom stereocenters. The van der Waals surface area contributed by atoms with Crippen molar-refractivity contribution in [1.29, 1.82) is 5.41 Å². The van der Waals surface area contributed by atoms with Gasteiger partial charge in [0.2, 0.25) is 5.91 Å². The van der Waals surface area contributed by atoms with Crippen molar-refractivity contribution in [2.24, 2.45) is 11.5 Å². The third-order valence-electron chi connectivity index (χ3n) is 3.17. The van der Waals surface area contributed by atoms with Crippen molar-refractivity contribution in [3.8, 4) is 0 Å². The Morgan fingerprint density at radius 3 is 2.70 bits per heavy atom. The fraction of sp³-hybridized carbons (Fsp3) is 0.727. The molecule has 0 aromatic rings. The Morgan fingerprint density at radius 1 is 1.50 bits per heavy atom. The monoisotopic (exact) mass is 287 g/mol. The Kier molecular flexibility index (Phi) is 5.71. The van der Waals surface area contributed by atoms with Crippen LogP contribution in [0.5, 0.6) is 0 Å². The minimum atomic E-state index is -1.14. The zero-order chi connectivity index (χ0) is 15.3. The minimum Gasteiger partial charge on any atom is -0.480 e. The van der Waals surface area contributed by atoms with E-state index in [0.717, 1.165) is 4.90 Å². The van der Waals surface area contributed by atoms with Crippen LogP contribution in [0.1, 0.15) is 19.3 Å². The van der Waals surface area contributed by atoms with Crippen molar-refractivity contribution in [2.45, 2.75) is 37.5 Å². The molecule has 0 spiro atoms. The molecule has 9 heteroatoms. The number of carboxylic acid groups (broad SMARTS) is 1. The highest BCUT2D eigenvalue weighted by Gasteiger charge is 2.40. The Morgan fingerprint density at radius 2 is 2.15 bits per heavy atom. The van der Waals surface area contributed by atoms with Gasteiger partial charge in [-0.1, -0.05) is 0 Å². The van der Waals surface area contributed by atoms with E-state index in [1.165, 1.54) is 0 Å². The molecule has 3 atom stereocenters. The molecule has 0 saturated carbocycles. The summed E-state index contributed by atoms with van der Waals surface area (Å²) in [6.07, 6.45) is 0.0739. The lowest BCUT2D eigenvalue weighted by Gasteiger charge is -2.24. The van der Waals surface area contributed by atoms with Crippen LogP contribution in [0.2, 0.25) is 0 Å². The number of carbonyl (C=O) groups is 2. The molecule has 1 fully saturated rings. The predicted molar refractivity (Wildman–Crippen MR) is 70.9 cm³/mol. The summed E-state index contributed by atoms with van der Waals surface area (Å²) in [4.78, 5) is 24.2. The molecule has 1 rings (SSSR count). The van der Waals surface area contributed by atoms with Crippen LogP contribution in [0.4, 0.5) is 0 Å². The van der Waals surface area contributed by atoms with E-state index in [4.69, 9.17) is 22.0 Å². The Hall–Kier alpha value is -1.87. The number of carbonyl (C=O) groups excluding carboxylic acids is 1. The number of β-amino-alcohol motifs (C(OH)–C–C–N with tert-alkyl or cyclic N) is 1. The minimum absolute atomic E-state index is 0.00477. The van der Waals surface area contributed by atoms with E-state index in [0.29, 0.717) is 19.4 Å². The average molecular weight is 287 g/mol. The van der Waals surface area contributed by atoms with Crippen LogP contribution < -0.4 is 16.8 Å². The average Bonchev–Trinajstić information content (AvgIpc) is 2.75. The molecular weight excluding hydrogens is 266 g/mol. The van der Waals surface area contributed by atoms with Crippen molar-refractivity contribution >= 4 is 17.8 Å². The van der Waals surface area contributed by atoms with Gasteiger partial charge in [0.05, 0.1) is 12.1 Å². The highest BCUT2D eigenvalue weighted by molar-refractivity contribution is 5.87. The molecule has 0 bridgehead atoms. The quantitative estimate of drug-likeness (QED) is 0.180. The number of carboxylic acids is 1. The number of hydrogen-bond acceptors (Lipinski definition) is 5. The summed E-state index contributed by atoms with van der Waals surface area (Å²) in [5.41, 5.74) is 10.9. The van der Waals surface area contributed by atoms with Crippen LogP contribution in [-0.2, 0) is 9.59 Å². The van der Waals surface area contributed by atoms with Gasteiger partial charge in [-0.05, 0) is 12.8 Å². The Bertz CT molecular complexity index is 389. The summed E-state index contributed by atoms with van der Waals surface area (Å²) in [5, 5.41) is 28.0. The zero-order valence-corrected chi connectivity index (χ0v) is 11.1. The van der Waals surface area contributed by atoms with Crippen LogP contribution in [0.15, 0.2) is 0 Å². The first-order valence-corrected chi connectivity index (χ1v) is 6.37. The lowest BCUT2D eigenvalue weighted by atomic mass is 10.1. The largest absolute Gasteiger partial charge is 0.480 e. The second-order valence-corrected chi connectivity index (χ2v) is 4.82. The van der Waals surface area contributed by atoms with Gasteiger partial charge >= 0.3 is 5.97 Å². The first kappa shape index (κ1) is 16.2. The predicted octanol–water partition coefficient (Wildman–Crippen LogP) is -2.38. The Labute approximate surface area is 116 Å². The molecule has 114 valence electrons. The van der Waals surface area contributed by atoms with E-state index in [2.05, 4.69) is 5.32 Å². The summed E-state index contributed by atoms with van der Waals surface area (Å²) in [6.45, 7) is 0.413. The lowest BCUT2D eigenvalue weighted by Crippen LogP contribution is -2.48. The lowest BCUT2D eigenvalue weighted by molar-refractivity contribution is -0.148. The smallest absolute Gasteiger partial charge is 0.326 e. The summed E-state index contributed by atoms with van der Waals surface area (Å²) in [5.74, 6) is -1.77. The molecular formula is C11H21N5O4. The summed E-state index contributed by atoms with van der Waals surface area (Å²) < 4.78 is 0. The van der Waals surface area contributed by atoms with Gasteiger partial charge in [-0.2, -0.15) is 0 Å². The van der Waals surface area contributed by atoms with E-state index >= 15 is 0 Å².